The van der Waals surface area contributed by atoms with Crippen molar-refractivity contribution in [3.63, 3.8) is 0 Å². The zero-order valence-electron chi connectivity index (χ0n) is 10.8. The summed E-state index contributed by atoms with van der Waals surface area (Å²) < 4.78 is 0. The van der Waals surface area contributed by atoms with Crippen LogP contribution in [-0.2, 0) is 0 Å². The Bertz CT molecular complexity index is 192. The van der Waals surface area contributed by atoms with Crippen LogP contribution in [-0.4, -0.2) is 18.0 Å². The zero-order valence-corrected chi connectivity index (χ0v) is 10.8. The fourth-order valence-electron chi connectivity index (χ4n) is 2.40. The third-order valence-electron chi connectivity index (χ3n) is 3.72. The monoisotopic (exact) mass is 209 g/mol. The van der Waals surface area contributed by atoms with Gasteiger partial charge in [0.15, 0.2) is 0 Å². The van der Waals surface area contributed by atoms with E-state index in [1.54, 1.807) is 0 Å². The van der Waals surface area contributed by atoms with E-state index in [0.29, 0.717) is 0 Å². The van der Waals surface area contributed by atoms with Crippen molar-refractivity contribution in [2.24, 2.45) is 11.8 Å². The van der Waals surface area contributed by atoms with Crippen LogP contribution in [0.1, 0.15) is 52.9 Å². The molecule has 0 heterocycles. The van der Waals surface area contributed by atoms with Gasteiger partial charge in [-0.05, 0) is 31.6 Å². The van der Waals surface area contributed by atoms with Gasteiger partial charge in [0.25, 0.3) is 0 Å². The molecule has 1 fully saturated rings. The van der Waals surface area contributed by atoms with E-state index in [1.165, 1.54) is 50.9 Å². The molecule has 0 bridgehead atoms. The fourth-order valence-corrected chi connectivity index (χ4v) is 2.40. The Labute approximate surface area is 95.5 Å². The first-order valence-corrected chi connectivity index (χ1v) is 6.54. The summed E-state index contributed by atoms with van der Waals surface area (Å²) in [6.45, 7) is 13.3. The average Bonchev–Trinajstić information content (AvgIpc) is 2.69. The molecule has 0 amide bonds. The highest BCUT2D eigenvalue weighted by Crippen LogP contribution is 2.26. The number of hydrogen-bond acceptors (Lipinski definition) is 1. The van der Waals surface area contributed by atoms with Gasteiger partial charge >= 0.3 is 0 Å². The van der Waals surface area contributed by atoms with Gasteiger partial charge in [-0.2, -0.15) is 0 Å². The second-order valence-corrected chi connectivity index (χ2v) is 5.30. The van der Waals surface area contributed by atoms with Crippen LogP contribution in [0.25, 0.3) is 0 Å². The summed E-state index contributed by atoms with van der Waals surface area (Å²) in [7, 11) is 0. The van der Waals surface area contributed by atoms with Crippen molar-refractivity contribution in [1.29, 1.82) is 0 Å². The van der Waals surface area contributed by atoms with E-state index >= 15 is 0 Å². The van der Waals surface area contributed by atoms with Crippen LogP contribution in [0.4, 0.5) is 0 Å². The second kappa shape index (κ2) is 6.19. The van der Waals surface area contributed by atoms with E-state index in [-0.39, 0.29) is 0 Å². The average molecular weight is 209 g/mol. The van der Waals surface area contributed by atoms with E-state index in [1.807, 2.05) is 0 Å². The van der Waals surface area contributed by atoms with Crippen LogP contribution in [0.5, 0.6) is 0 Å². The van der Waals surface area contributed by atoms with Gasteiger partial charge in [0.05, 0.1) is 0 Å². The van der Waals surface area contributed by atoms with Crippen LogP contribution in [0.2, 0.25) is 0 Å². The molecule has 1 aliphatic carbocycles. The first-order valence-electron chi connectivity index (χ1n) is 6.54. The van der Waals surface area contributed by atoms with Crippen molar-refractivity contribution < 1.29 is 0 Å². The first kappa shape index (κ1) is 12.6. The van der Waals surface area contributed by atoms with Crippen molar-refractivity contribution in [1.82, 2.24) is 4.90 Å². The molecule has 0 aromatic heterocycles. The molecular weight excluding hydrogens is 182 g/mol. The molecule has 0 aromatic carbocycles. The van der Waals surface area contributed by atoms with Crippen LogP contribution in [0.15, 0.2) is 12.3 Å². The maximum atomic E-state index is 4.11. The first-order chi connectivity index (χ1) is 7.13. The molecule has 15 heavy (non-hydrogen) atoms. The minimum Gasteiger partial charge on any atom is -0.375 e. The highest BCUT2D eigenvalue weighted by atomic mass is 15.1. The molecule has 88 valence electrons. The van der Waals surface area contributed by atoms with Crippen molar-refractivity contribution >= 4 is 0 Å². The van der Waals surface area contributed by atoms with Crippen molar-refractivity contribution in [2.45, 2.75) is 52.9 Å². The fraction of sp³-hybridized carbons (Fsp3) is 0.857. The summed E-state index contributed by atoms with van der Waals surface area (Å²) in [5.74, 6) is 1.73. The van der Waals surface area contributed by atoms with E-state index in [4.69, 9.17) is 0 Å². The van der Waals surface area contributed by atoms with E-state index in [2.05, 4.69) is 32.3 Å². The number of allylic oxidation sites excluding steroid dienone is 1. The molecule has 0 aliphatic heterocycles. The SMILES string of the molecule is C=C(C)N(CC(C)CC)CC1CCCC1. The van der Waals surface area contributed by atoms with E-state index < -0.39 is 0 Å². The van der Waals surface area contributed by atoms with Crippen LogP contribution in [0.3, 0.4) is 0 Å². The summed E-state index contributed by atoms with van der Waals surface area (Å²) in [5, 5.41) is 0. The van der Waals surface area contributed by atoms with Gasteiger partial charge in [0.2, 0.25) is 0 Å². The largest absolute Gasteiger partial charge is 0.375 e. The van der Waals surface area contributed by atoms with Gasteiger partial charge in [0, 0.05) is 18.8 Å². The number of hydrogen-bond donors (Lipinski definition) is 0. The van der Waals surface area contributed by atoms with Gasteiger partial charge in [-0.15, -0.1) is 0 Å². The Kier molecular flexibility index (Phi) is 5.21. The number of rotatable bonds is 6. The maximum Gasteiger partial charge on any atom is 0.0203 e. The van der Waals surface area contributed by atoms with Crippen molar-refractivity contribution in [2.75, 3.05) is 13.1 Å². The molecule has 1 unspecified atom stereocenters. The zero-order chi connectivity index (χ0) is 11.3. The van der Waals surface area contributed by atoms with Crippen molar-refractivity contribution in [3.8, 4) is 0 Å². The lowest BCUT2D eigenvalue weighted by molar-refractivity contribution is 0.251. The Morgan fingerprint density at radius 3 is 2.47 bits per heavy atom. The maximum absolute atomic E-state index is 4.11. The highest BCUT2D eigenvalue weighted by molar-refractivity contribution is 4.90. The second-order valence-electron chi connectivity index (χ2n) is 5.30. The summed E-state index contributed by atoms with van der Waals surface area (Å²) in [4.78, 5) is 2.50. The minimum absolute atomic E-state index is 0.795. The standard InChI is InChI=1S/C14H27N/c1-5-13(4)10-15(12(2)3)11-14-8-6-7-9-14/h13-14H,2,5-11H2,1,3-4H3. The molecule has 1 nitrogen and oxygen atoms in total. The molecule has 0 radical (unpaired) electrons. The highest BCUT2D eigenvalue weighted by Gasteiger charge is 2.19. The quantitative estimate of drug-likeness (QED) is 0.637. The van der Waals surface area contributed by atoms with Crippen molar-refractivity contribution in [3.05, 3.63) is 12.3 Å². The van der Waals surface area contributed by atoms with Gasteiger partial charge in [0.1, 0.15) is 0 Å². The molecule has 0 saturated heterocycles. The van der Waals surface area contributed by atoms with Crippen LogP contribution in [0, 0.1) is 11.8 Å². The molecular formula is C14H27N. The Balaban J connectivity index is 2.39. The van der Waals surface area contributed by atoms with Gasteiger partial charge < -0.3 is 4.90 Å². The molecule has 1 heteroatoms. The van der Waals surface area contributed by atoms with Gasteiger partial charge in [-0.3, -0.25) is 0 Å². The van der Waals surface area contributed by atoms with E-state index in [9.17, 15) is 0 Å². The molecule has 1 atom stereocenters. The molecule has 1 aliphatic rings. The van der Waals surface area contributed by atoms with Gasteiger partial charge in [-0.25, -0.2) is 0 Å². The molecule has 0 spiro atoms. The normalized spacial score (nSPS) is 19.1. The summed E-state index contributed by atoms with van der Waals surface area (Å²) in [6, 6.07) is 0. The lowest BCUT2D eigenvalue weighted by Gasteiger charge is -2.30. The predicted octanol–water partition coefficient (Wildman–Crippen LogP) is 4.06. The van der Waals surface area contributed by atoms with Crippen LogP contribution >= 0.6 is 0 Å². The summed E-state index contributed by atoms with van der Waals surface area (Å²) >= 11 is 0. The predicted molar refractivity (Wildman–Crippen MR) is 67.8 cm³/mol. The van der Waals surface area contributed by atoms with Crippen LogP contribution < -0.4 is 0 Å². The lowest BCUT2D eigenvalue weighted by atomic mass is 10.0. The van der Waals surface area contributed by atoms with E-state index in [0.717, 1.165) is 11.8 Å². The third kappa shape index (κ3) is 4.27. The minimum atomic E-state index is 0.795. The Morgan fingerprint density at radius 1 is 1.40 bits per heavy atom. The molecule has 1 saturated carbocycles. The lowest BCUT2D eigenvalue weighted by Crippen LogP contribution is -2.30. The topological polar surface area (TPSA) is 3.24 Å². The molecule has 0 N–H and O–H groups in total. The van der Waals surface area contributed by atoms with Gasteiger partial charge in [-0.1, -0.05) is 39.7 Å². The third-order valence-corrected chi connectivity index (χ3v) is 3.72. The molecule has 1 rings (SSSR count). The summed E-state index contributed by atoms with van der Waals surface area (Å²) in [6.07, 6.45) is 7.03. The smallest absolute Gasteiger partial charge is 0.0203 e. The Morgan fingerprint density at radius 2 is 2.00 bits per heavy atom. The molecule has 0 aromatic rings. The summed E-state index contributed by atoms with van der Waals surface area (Å²) in [5.41, 5.74) is 1.25. The number of nitrogens with zero attached hydrogens (tertiary/aromatic N) is 1. The Hall–Kier alpha value is -0.460.